The van der Waals surface area contributed by atoms with E-state index in [1.54, 1.807) is 0 Å². The lowest BCUT2D eigenvalue weighted by Crippen LogP contribution is -1.98. The van der Waals surface area contributed by atoms with Crippen LogP contribution in [-0.2, 0) is 0 Å². The summed E-state index contributed by atoms with van der Waals surface area (Å²) >= 11 is 0. The van der Waals surface area contributed by atoms with Gasteiger partial charge >= 0.3 is 0 Å². The summed E-state index contributed by atoms with van der Waals surface area (Å²) < 4.78 is 0. The number of hydrogen-bond acceptors (Lipinski definition) is 2. The summed E-state index contributed by atoms with van der Waals surface area (Å²) in [4.78, 5) is 0. The Hall–Kier alpha value is -0.920. The molecule has 0 unspecified atom stereocenters. The Labute approximate surface area is 60.5 Å². The number of aliphatic hydroxyl groups excluding tert-OH is 2. The monoisotopic (exact) mass is 140 g/mol. The maximum Gasteiger partial charge on any atom is 0.0827 e. The van der Waals surface area contributed by atoms with Crippen LogP contribution in [0.3, 0.4) is 0 Å². The van der Waals surface area contributed by atoms with E-state index >= 15 is 0 Å². The second kappa shape index (κ2) is 3.30. The molecule has 0 amide bonds. The first-order valence-electron chi connectivity index (χ1n) is 3.55. The lowest BCUT2D eigenvalue weighted by atomic mass is 9.91. The topological polar surface area (TPSA) is 40.5 Å². The average Bonchev–Trinajstić information content (AvgIpc) is 2.04. The Balaban J connectivity index is 2.69. The van der Waals surface area contributed by atoms with Gasteiger partial charge in [0.05, 0.1) is 12.5 Å². The van der Waals surface area contributed by atoms with Crippen molar-refractivity contribution in [1.29, 1.82) is 0 Å². The Bertz CT molecular complexity index is 148. The molecule has 2 nitrogen and oxygen atoms in total. The van der Waals surface area contributed by atoms with Crippen LogP contribution >= 0.6 is 0 Å². The van der Waals surface area contributed by atoms with Gasteiger partial charge in [0.2, 0.25) is 0 Å². The minimum atomic E-state index is 0.883. The summed E-state index contributed by atoms with van der Waals surface area (Å²) in [5, 5.41) is 17.4. The van der Waals surface area contributed by atoms with Gasteiger partial charge in [0.1, 0.15) is 0 Å². The molecule has 0 radical (unpaired) electrons. The van der Waals surface area contributed by atoms with E-state index in [2.05, 4.69) is 0 Å². The Morgan fingerprint density at radius 1 is 0.900 bits per heavy atom. The Kier molecular flexibility index (Phi) is 2.37. The molecule has 0 spiro atoms. The molecule has 1 aliphatic rings. The van der Waals surface area contributed by atoms with Crippen LogP contribution in [0.1, 0.15) is 25.7 Å². The predicted molar refractivity (Wildman–Crippen MR) is 39.9 cm³/mol. The average molecular weight is 140 g/mol. The van der Waals surface area contributed by atoms with Crippen LogP contribution in [0.4, 0.5) is 0 Å². The third-order valence-corrected chi connectivity index (χ3v) is 1.87. The van der Waals surface area contributed by atoms with E-state index in [9.17, 15) is 0 Å². The molecular formula is C8H12O2. The molecule has 0 aliphatic heterocycles. The van der Waals surface area contributed by atoms with E-state index in [0.29, 0.717) is 0 Å². The highest BCUT2D eigenvalue weighted by Crippen LogP contribution is 2.27. The highest BCUT2D eigenvalue weighted by atomic mass is 16.2. The van der Waals surface area contributed by atoms with Gasteiger partial charge in [-0.3, -0.25) is 0 Å². The fourth-order valence-corrected chi connectivity index (χ4v) is 1.25. The van der Waals surface area contributed by atoms with Crippen molar-refractivity contribution in [2.24, 2.45) is 0 Å². The van der Waals surface area contributed by atoms with Crippen molar-refractivity contribution >= 4 is 0 Å². The minimum absolute atomic E-state index is 0.883. The molecule has 56 valence electrons. The Morgan fingerprint density at radius 2 is 1.30 bits per heavy atom. The van der Waals surface area contributed by atoms with Gasteiger partial charge in [0.15, 0.2) is 0 Å². The van der Waals surface area contributed by atoms with Crippen molar-refractivity contribution in [1.82, 2.24) is 0 Å². The first-order chi connectivity index (χ1) is 4.88. The highest BCUT2D eigenvalue weighted by molar-refractivity contribution is 5.29. The summed E-state index contributed by atoms with van der Waals surface area (Å²) in [5.41, 5.74) is 1.77. The molecule has 0 heterocycles. The maximum absolute atomic E-state index is 8.68. The molecule has 0 aromatic carbocycles. The van der Waals surface area contributed by atoms with Gasteiger partial charge in [-0.1, -0.05) is 0 Å². The fourth-order valence-electron chi connectivity index (χ4n) is 1.25. The molecule has 1 fully saturated rings. The molecular weight excluding hydrogens is 128 g/mol. The zero-order chi connectivity index (χ0) is 7.40. The van der Waals surface area contributed by atoms with Gasteiger partial charge in [-0.15, -0.1) is 0 Å². The molecule has 2 heteroatoms. The lowest BCUT2D eigenvalue weighted by molar-refractivity contribution is 0.445. The largest absolute Gasteiger partial charge is 0.515 e. The Morgan fingerprint density at radius 3 is 1.60 bits per heavy atom. The SMILES string of the molecule is O/C=C1/CCCC/C1=C\O. The van der Waals surface area contributed by atoms with Crippen molar-refractivity contribution in [3.8, 4) is 0 Å². The molecule has 0 atom stereocenters. The first kappa shape index (κ1) is 7.19. The molecule has 1 rings (SSSR count). The molecule has 10 heavy (non-hydrogen) atoms. The number of allylic oxidation sites excluding steroid dienone is 2. The predicted octanol–water partition coefficient (Wildman–Crippen LogP) is 2.44. The third-order valence-electron chi connectivity index (χ3n) is 1.87. The standard InChI is InChI=1S/C8H12O2/c9-5-7-3-1-2-4-8(7)6-10/h5-6,9-10H,1-4H2/b7-5-,8-6+. The second-order valence-electron chi connectivity index (χ2n) is 2.52. The van der Waals surface area contributed by atoms with Crippen molar-refractivity contribution in [3.05, 3.63) is 23.7 Å². The van der Waals surface area contributed by atoms with Gasteiger partial charge in [-0.2, -0.15) is 0 Å². The van der Waals surface area contributed by atoms with Crippen LogP contribution in [0.2, 0.25) is 0 Å². The van der Waals surface area contributed by atoms with Crippen LogP contribution in [-0.4, -0.2) is 10.2 Å². The van der Waals surface area contributed by atoms with Crippen molar-refractivity contribution < 1.29 is 10.2 Å². The van der Waals surface area contributed by atoms with Crippen molar-refractivity contribution in [3.63, 3.8) is 0 Å². The number of hydrogen-bond donors (Lipinski definition) is 2. The van der Waals surface area contributed by atoms with Gasteiger partial charge in [0.25, 0.3) is 0 Å². The molecule has 0 saturated heterocycles. The van der Waals surface area contributed by atoms with E-state index in [-0.39, 0.29) is 0 Å². The summed E-state index contributed by atoms with van der Waals surface area (Å²) in [7, 11) is 0. The zero-order valence-corrected chi connectivity index (χ0v) is 5.88. The maximum atomic E-state index is 8.68. The molecule has 0 aromatic heterocycles. The molecule has 0 aromatic rings. The normalized spacial score (nSPS) is 27.6. The summed E-state index contributed by atoms with van der Waals surface area (Å²) in [5.74, 6) is 0. The van der Waals surface area contributed by atoms with Crippen LogP contribution in [0.5, 0.6) is 0 Å². The summed E-state index contributed by atoms with van der Waals surface area (Å²) in [6, 6.07) is 0. The summed E-state index contributed by atoms with van der Waals surface area (Å²) in [6.45, 7) is 0. The quantitative estimate of drug-likeness (QED) is 0.507. The van der Waals surface area contributed by atoms with Crippen molar-refractivity contribution in [2.75, 3.05) is 0 Å². The molecule has 0 bridgehead atoms. The zero-order valence-electron chi connectivity index (χ0n) is 5.88. The lowest BCUT2D eigenvalue weighted by Gasteiger charge is -2.14. The van der Waals surface area contributed by atoms with Gasteiger partial charge in [-0.25, -0.2) is 0 Å². The van der Waals surface area contributed by atoms with Gasteiger partial charge in [0, 0.05) is 0 Å². The smallest absolute Gasteiger partial charge is 0.0827 e. The van der Waals surface area contributed by atoms with Gasteiger partial charge < -0.3 is 10.2 Å². The minimum Gasteiger partial charge on any atom is -0.515 e. The van der Waals surface area contributed by atoms with E-state index in [0.717, 1.165) is 49.4 Å². The molecule has 2 N–H and O–H groups in total. The summed E-state index contributed by atoms with van der Waals surface area (Å²) in [6.07, 6.45) is 6.21. The fraction of sp³-hybridized carbons (Fsp3) is 0.500. The van der Waals surface area contributed by atoms with E-state index in [1.807, 2.05) is 0 Å². The number of rotatable bonds is 0. The molecule has 1 aliphatic carbocycles. The third kappa shape index (κ3) is 1.32. The van der Waals surface area contributed by atoms with Crippen LogP contribution in [0.25, 0.3) is 0 Å². The van der Waals surface area contributed by atoms with Crippen LogP contribution in [0, 0.1) is 0 Å². The first-order valence-corrected chi connectivity index (χ1v) is 3.55. The van der Waals surface area contributed by atoms with E-state index in [1.165, 1.54) is 0 Å². The van der Waals surface area contributed by atoms with E-state index < -0.39 is 0 Å². The highest BCUT2D eigenvalue weighted by Gasteiger charge is 2.10. The van der Waals surface area contributed by atoms with E-state index in [4.69, 9.17) is 10.2 Å². The molecule has 1 saturated carbocycles. The van der Waals surface area contributed by atoms with Gasteiger partial charge in [-0.05, 0) is 36.8 Å². The second-order valence-corrected chi connectivity index (χ2v) is 2.52. The van der Waals surface area contributed by atoms with Crippen molar-refractivity contribution in [2.45, 2.75) is 25.7 Å². The number of aliphatic hydroxyl groups is 2. The van der Waals surface area contributed by atoms with Crippen LogP contribution < -0.4 is 0 Å². The van der Waals surface area contributed by atoms with Crippen LogP contribution in [0.15, 0.2) is 23.7 Å².